The van der Waals surface area contributed by atoms with Gasteiger partial charge in [0.1, 0.15) is 11.5 Å². The molecule has 3 aromatic heterocycles. The summed E-state index contributed by atoms with van der Waals surface area (Å²) in [5, 5.41) is 20.0. The highest BCUT2D eigenvalue weighted by molar-refractivity contribution is 7.18. The van der Waals surface area contributed by atoms with Crippen LogP contribution in [0.25, 0.3) is 10.7 Å². The van der Waals surface area contributed by atoms with E-state index in [-0.39, 0.29) is 6.54 Å². The maximum atomic E-state index is 13.9. The molecule has 0 amide bonds. The Morgan fingerprint density at radius 2 is 1.96 bits per heavy atom. The summed E-state index contributed by atoms with van der Waals surface area (Å²) in [6, 6.07) is 7.60. The molecule has 0 saturated carbocycles. The van der Waals surface area contributed by atoms with Crippen molar-refractivity contribution in [1.82, 2.24) is 29.8 Å². The Balaban J connectivity index is 1.46. The highest BCUT2D eigenvalue weighted by Crippen LogP contribution is 2.27. The number of rotatable bonds is 6. The number of aromatic nitrogens is 6. The lowest BCUT2D eigenvalue weighted by molar-refractivity contribution is 0.0568. The molecule has 0 saturated heterocycles. The van der Waals surface area contributed by atoms with E-state index in [0.29, 0.717) is 36.9 Å². The van der Waals surface area contributed by atoms with Crippen molar-refractivity contribution in [3.63, 3.8) is 0 Å². The SMILES string of the molecule is Fc1cccc(Cl)c1Cn1ccc(Nc2nnc(-c3ccn(C(F)F)n3)s2)n1. The number of alkyl halides is 2. The van der Waals surface area contributed by atoms with Gasteiger partial charge < -0.3 is 5.32 Å². The number of nitrogens with zero attached hydrogens (tertiary/aromatic N) is 6. The van der Waals surface area contributed by atoms with Gasteiger partial charge in [-0.05, 0) is 18.2 Å². The van der Waals surface area contributed by atoms with Crippen LogP contribution in [0.4, 0.5) is 24.1 Å². The molecule has 1 aromatic carbocycles. The molecule has 0 fully saturated rings. The lowest BCUT2D eigenvalue weighted by atomic mass is 10.2. The predicted molar refractivity (Wildman–Crippen MR) is 98.4 cm³/mol. The maximum absolute atomic E-state index is 13.9. The van der Waals surface area contributed by atoms with E-state index >= 15 is 0 Å². The first-order valence-electron chi connectivity index (χ1n) is 7.90. The van der Waals surface area contributed by atoms with Crippen molar-refractivity contribution >= 4 is 33.9 Å². The molecule has 0 aliphatic heterocycles. The van der Waals surface area contributed by atoms with Crippen molar-refractivity contribution in [1.29, 1.82) is 0 Å². The molecule has 0 aliphatic carbocycles. The molecule has 1 N–H and O–H groups in total. The number of nitrogens with one attached hydrogen (secondary N) is 1. The van der Waals surface area contributed by atoms with Gasteiger partial charge in [-0.1, -0.05) is 29.0 Å². The summed E-state index contributed by atoms with van der Waals surface area (Å²) in [5.74, 6) is 0.0581. The Kier molecular flexibility index (Phi) is 5.01. The van der Waals surface area contributed by atoms with Crippen molar-refractivity contribution < 1.29 is 13.2 Å². The molecule has 0 bridgehead atoms. The highest BCUT2D eigenvalue weighted by Gasteiger charge is 2.14. The van der Waals surface area contributed by atoms with Crippen LogP contribution in [0.15, 0.2) is 42.7 Å². The zero-order valence-corrected chi connectivity index (χ0v) is 15.5. The van der Waals surface area contributed by atoms with Gasteiger partial charge >= 0.3 is 6.55 Å². The Hall–Kier alpha value is -2.92. The summed E-state index contributed by atoms with van der Waals surface area (Å²) in [5.41, 5.74) is 0.636. The number of hydrogen-bond acceptors (Lipinski definition) is 6. The van der Waals surface area contributed by atoms with Gasteiger partial charge in [-0.3, -0.25) is 4.68 Å². The van der Waals surface area contributed by atoms with Gasteiger partial charge in [-0.2, -0.15) is 19.0 Å². The zero-order chi connectivity index (χ0) is 19.7. The third-order valence-electron chi connectivity index (χ3n) is 3.71. The average molecular weight is 426 g/mol. The van der Waals surface area contributed by atoms with Crippen LogP contribution >= 0.6 is 22.9 Å². The minimum Gasteiger partial charge on any atom is -0.313 e. The van der Waals surface area contributed by atoms with Gasteiger partial charge in [0.05, 0.1) is 6.54 Å². The molecule has 7 nitrogen and oxygen atoms in total. The molecule has 12 heteroatoms. The van der Waals surface area contributed by atoms with Crippen molar-refractivity contribution in [3.8, 4) is 10.7 Å². The molecule has 144 valence electrons. The molecule has 0 unspecified atom stereocenters. The molecular weight excluding hydrogens is 415 g/mol. The summed E-state index contributed by atoms with van der Waals surface area (Å²) >= 11 is 7.17. The quantitative estimate of drug-likeness (QED) is 0.489. The van der Waals surface area contributed by atoms with Crippen LogP contribution in [0.1, 0.15) is 12.1 Å². The fourth-order valence-electron chi connectivity index (χ4n) is 2.41. The monoisotopic (exact) mass is 425 g/mol. The standard InChI is InChI=1S/C16H11ClF3N7S/c17-10-2-1-3-11(18)9(10)8-26-6-5-13(25-26)21-16-23-22-14(28-16)12-4-7-27(24-12)15(19)20/h1-7,15H,8H2,(H,21,23,25). The first-order valence-corrected chi connectivity index (χ1v) is 9.09. The second kappa shape index (κ2) is 7.60. The third kappa shape index (κ3) is 3.85. The largest absolute Gasteiger partial charge is 0.333 e. The first kappa shape index (κ1) is 18.4. The van der Waals surface area contributed by atoms with E-state index in [9.17, 15) is 13.2 Å². The normalized spacial score (nSPS) is 11.3. The van der Waals surface area contributed by atoms with E-state index in [2.05, 4.69) is 25.7 Å². The Morgan fingerprint density at radius 3 is 2.71 bits per heavy atom. The molecule has 0 radical (unpaired) electrons. The fourth-order valence-corrected chi connectivity index (χ4v) is 3.35. The first-order chi connectivity index (χ1) is 13.5. The molecular formula is C16H11ClF3N7S. The minimum atomic E-state index is -2.72. The van der Waals surface area contributed by atoms with E-state index in [1.165, 1.54) is 29.1 Å². The molecule has 0 spiro atoms. The summed E-state index contributed by atoms with van der Waals surface area (Å²) < 4.78 is 41.2. The Morgan fingerprint density at radius 1 is 1.11 bits per heavy atom. The van der Waals surface area contributed by atoms with E-state index in [1.54, 1.807) is 18.3 Å². The van der Waals surface area contributed by atoms with Crippen molar-refractivity contribution in [3.05, 3.63) is 59.1 Å². The average Bonchev–Trinajstić information content (AvgIpc) is 3.39. The summed E-state index contributed by atoms with van der Waals surface area (Å²) in [6.45, 7) is -2.55. The van der Waals surface area contributed by atoms with Gasteiger partial charge in [0.15, 0.2) is 10.8 Å². The van der Waals surface area contributed by atoms with E-state index in [1.807, 2.05) is 0 Å². The summed E-state index contributed by atoms with van der Waals surface area (Å²) in [4.78, 5) is 0. The number of benzene rings is 1. The maximum Gasteiger partial charge on any atom is 0.333 e. The van der Waals surface area contributed by atoms with Crippen LogP contribution < -0.4 is 5.32 Å². The molecule has 0 atom stereocenters. The molecule has 0 aliphatic rings. The molecule has 4 aromatic rings. The highest BCUT2D eigenvalue weighted by atomic mass is 35.5. The third-order valence-corrected chi connectivity index (χ3v) is 4.93. The zero-order valence-electron chi connectivity index (χ0n) is 13.9. The van der Waals surface area contributed by atoms with Crippen LogP contribution in [-0.4, -0.2) is 29.8 Å². The van der Waals surface area contributed by atoms with Crippen molar-refractivity contribution in [2.75, 3.05) is 5.32 Å². The second-order valence-corrected chi connectivity index (χ2v) is 6.98. The van der Waals surface area contributed by atoms with Gasteiger partial charge in [0.2, 0.25) is 5.13 Å². The van der Waals surface area contributed by atoms with Crippen LogP contribution in [0.2, 0.25) is 5.02 Å². The fraction of sp³-hybridized carbons (Fsp3) is 0.125. The smallest absolute Gasteiger partial charge is 0.313 e. The van der Waals surface area contributed by atoms with Crippen LogP contribution in [0.5, 0.6) is 0 Å². The van der Waals surface area contributed by atoms with Gasteiger partial charge in [0.25, 0.3) is 0 Å². The minimum absolute atomic E-state index is 0.166. The van der Waals surface area contributed by atoms with Crippen molar-refractivity contribution in [2.45, 2.75) is 13.1 Å². The Labute approximate surface area is 165 Å². The van der Waals surface area contributed by atoms with Gasteiger partial charge in [-0.25, -0.2) is 9.07 Å². The van der Waals surface area contributed by atoms with Crippen LogP contribution in [0.3, 0.4) is 0 Å². The van der Waals surface area contributed by atoms with Crippen molar-refractivity contribution in [2.24, 2.45) is 0 Å². The van der Waals surface area contributed by atoms with Crippen LogP contribution in [0, 0.1) is 5.82 Å². The molecule has 3 heterocycles. The number of hydrogen-bond donors (Lipinski definition) is 1. The van der Waals surface area contributed by atoms with Gasteiger partial charge in [-0.15, -0.1) is 10.2 Å². The lowest BCUT2D eigenvalue weighted by Crippen LogP contribution is -2.04. The molecule has 4 rings (SSSR count). The summed E-state index contributed by atoms with van der Waals surface area (Å²) in [6.07, 6.45) is 2.83. The topological polar surface area (TPSA) is 73.5 Å². The summed E-state index contributed by atoms with van der Waals surface area (Å²) in [7, 11) is 0. The number of anilines is 2. The number of halogens is 4. The molecule has 28 heavy (non-hydrogen) atoms. The second-order valence-electron chi connectivity index (χ2n) is 5.59. The van der Waals surface area contributed by atoms with E-state index < -0.39 is 12.4 Å². The lowest BCUT2D eigenvalue weighted by Gasteiger charge is -2.05. The Bertz CT molecular complexity index is 1090. The van der Waals surface area contributed by atoms with Gasteiger partial charge in [0, 0.05) is 29.0 Å². The van der Waals surface area contributed by atoms with E-state index in [4.69, 9.17) is 11.6 Å². The van der Waals surface area contributed by atoms with Crippen LogP contribution in [-0.2, 0) is 6.54 Å². The predicted octanol–water partition coefficient (Wildman–Crippen LogP) is 4.58. The van der Waals surface area contributed by atoms with E-state index in [0.717, 1.165) is 11.3 Å².